The van der Waals surface area contributed by atoms with E-state index in [0.717, 1.165) is 6.07 Å². The van der Waals surface area contributed by atoms with E-state index in [1.807, 2.05) is 13.8 Å². The molecule has 0 N–H and O–H groups in total. The summed E-state index contributed by atoms with van der Waals surface area (Å²) in [5, 5.41) is 3.82. The molecule has 1 aromatic rings. The average molecular weight is 211 g/mol. The van der Waals surface area contributed by atoms with Gasteiger partial charge in [-0.25, -0.2) is 8.78 Å². The summed E-state index contributed by atoms with van der Waals surface area (Å²) < 4.78 is 25.9. The Morgan fingerprint density at radius 1 is 1.20 bits per heavy atom. The molecule has 0 unspecified atom stereocenters. The number of benzene rings is 1. The largest absolute Gasteiger partial charge is 0.389 e. The van der Waals surface area contributed by atoms with Crippen LogP contribution < -0.4 is 0 Å². The molecule has 1 aromatic carbocycles. The lowest BCUT2D eigenvalue weighted by atomic mass is 9.98. The van der Waals surface area contributed by atoms with Gasteiger partial charge < -0.3 is 4.84 Å². The van der Waals surface area contributed by atoms with E-state index in [4.69, 9.17) is 4.84 Å². The van der Waals surface area contributed by atoms with Gasteiger partial charge in [-0.2, -0.15) is 0 Å². The monoisotopic (exact) mass is 211 g/mol. The molecule has 1 aliphatic heterocycles. The Kier molecular flexibility index (Phi) is 2.21. The molecule has 0 fully saturated rings. The van der Waals surface area contributed by atoms with Gasteiger partial charge in [0.25, 0.3) is 0 Å². The van der Waals surface area contributed by atoms with Crippen molar-refractivity contribution in [3.63, 3.8) is 0 Å². The Bertz CT molecular complexity index is 406. The lowest BCUT2D eigenvalue weighted by molar-refractivity contribution is 0.0123. The Morgan fingerprint density at radius 3 is 2.27 bits per heavy atom. The first kappa shape index (κ1) is 10.1. The van der Waals surface area contributed by atoms with E-state index in [2.05, 4.69) is 5.16 Å². The smallest absolute Gasteiger partial charge is 0.137 e. The van der Waals surface area contributed by atoms with E-state index >= 15 is 0 Å². The first-order chi connectivity index (χ1) is 6.96. The van der Waals surface area contributed by atoms with Crippen molar-refractivity contribution in [1.29, 1.82) is 0 Å². The van der Waals surface area contributed by atoms with Gasteiger partial charge in [0.15, 0.2) is 0 Å². The van der Waals surface area contributed by atoms with E-state index in [9.17, 15) is 8.78 Å². The van der Waals surface area contributed by atoms with Gasteiger partial charge >= 0.3 is 0 Å². The fourth-order valence-corrected chi connectivity index (χ4v) is 1.52. The zero-order chi connectivity index (χ0) is 11.1. The van der Waals surface area contributed by atoms with Crippen LogP contribution in [0, 0.1) is 11.6 Å². The molecule has 0 spiro atoms. The number of nitrogens with zero attached hydrogens (tertiary/aromatic N) is 1. The molecule has 2 rings (SSSR count). The Balaban J connectivity index is 2.32. The molecule has 15 heavy (non-hydrogen) atoms. The minimum atomic E-state index is -0.600. The van der Waals surface area contributed by atoms with Crippen molar-refractivity contribution in [1.82, 2.24) is 0 Å². The topological polar surface area (TPSA) is 21.6 Å². The van der Waals surface area contributed by atoms with E-state index < -0.39 is 17.2 Å². The molecule has 0 saturated heterocycles. The summed E-state index contributed by atoms with van der Waals surface area (Å²) in [4.78, 5) is 5.13. The highest BCUT2D eigenvalue weighted by molar-refractivity contribution is 6.01. The van der Waals surface area contributed by atoms with Crippen molar-refractivity contribution in [2.75, 3.05) is 0 Å². The number of rotatable bonds is 1. The van der Waals surface area contributed by atoms with Gasteiger partial charge in [-0.3, -0.25) is 0 Å². The quantitative estimate of drug-likeness (QED) is 0.699. The first-order valence-corrected chi connectivity index (χ1v) is 4.68. The van der Waals surface area contributed by atoms with Crippen LogP contribution in [0.1, 0.15) is 25.8 Å². The second-order valence-electron chi connectivity index (χ2n) is 4.22. The molecular formula is C11H11F2NO. The maximum atomic E-state index is 12.9. The molecule has 0 bridgehead atoms. The summed E-state index contributed by atoms with van der Waals surface area (Å²) in [5.41, 5.74) is 0.634. The number of oxime groups is 1. The lowest BCUT2D eigenvalue weighted by Gasteiger charge is -2.13. The summed E-state index contributed by atoms with van der Waals surface area (Å²) >= 11 is 0. The summed E-state index contributed by atoms with van der Waals surface area (Å²) in [6, 6.07) is 3.35. The molecule has 0 aromatic heterocycles. The van der Waals surface area contributed by atoms with Crippen molar-refractivity contribution in [3.05, 3.63) is 35.4 Å². The van der Waals surface area contributed by atoms with Crippen molar-refractivity contribution in [2.45, 2.75) is 25.9 Å². The summed E-state index contributed by atoms with van der Waals surface area (Å²) in [5.74, 6) is -1.20. The normalized spacial score (nSPS) is 18.5. The van der Waals surface area contributed by atoms with Crippen LogP contribution in [0.3, 0.4) is 0 Å². The van der Waals surface area contributed by atoms with Crippen LogP contribution in [-0.4, -0.2) is 11.3 Å². The van der Waals surface area contributed by atoms with Crippen LogP contribution in [0.5, 0.6) is 0 Å². The minimum Gasteiger partial charge on any atom is -0.389 e. The predicted octanol–water partition coefficient (Wildman–Crippen LogP) is 2.87. The van der Waals surface area contributed by atoms with Crippen LogP contribution >= 0.6 is 0 Å². The molecule has 0 amide bonds. The highest BCUT2D eigenvalue weighted by atomic mass is 19.1. The molecule has 0 aliphatic carbocycles. The SMILES string of the molecule is CC1(C)CC(c2cc(F)cc(F)c2)=NO1. The standard InChI is InChI=1S/C11H11F2NO/c1-11(2)6-10(14-15-11)7-3-8(12)5-9(13)4-7/h3-5H,6H2,1-2H3. The number of hydrogen-bond donors (Lipinski definition) is 0. The van der Waals surface area contributed by atoms with Gasteiger partial charge in [-0.15, -0.1) is 0 Å². The molecule has 0 saturated carbocycles. The van der Waals surface area contributed by atoms with Gasteiger partial charge in [-0.1, -0.05) is 5.16 Å². The molecule has 4 heteroatoms. The zero-order valence-electron chi connectivity index (χ0n) is 8.55. The number of hydrogen-bond acceptors (Lipinski definition) is 2. The Hall–Kier alpha value is -1.45. The van der Waals surface area contributed by atoms with Crippen LogP contribution in [0.4, 0.5) is 8.78 Å². The van der Waals surface area contributed by atoms with E-state index in [-0.39, 0.29) is 0 Å². The van der Waals surface area contributed by atoms with Crippen LogP contribution in [0.15, 0.2) is 23.4 Å². The molecule has 80 valence electrons. The van der Waals surface area contributed by atoms with Gasteiger partial charge in [-0.05, 0) is 26.0 Å². The fourth-order valence-electron chi connectivity index (χ4n) is 1.52. The second-order valence-corrected chi connectivity index (χ2v) is 4.22. The zero-order valence-corrected chi connectivity index (χ0v) is 8.55. The lowest BCUT2D eigenvalue weighted by Crippen LogP contribution is -2.19. The van der Waals surface area contributed by atoms with Crippen LogP contribution in [0.2, 0.25) is 0 Å². The predicted molar refractivity (Wildman–Crippen MR) is 52.7 cm³/mol. The molecule has 0 atom stereocenters. The summed E-state index contributed by atoms with van der Waals surface area (Å²) in [6.45, 7) is 3.75. The molecule has 2 nitrogen and oxygen atoms in total. The summed E-state index contributed by atoms with van der Waals surface area (Å²) in [6.07, 6.45) is 0.551. The average Bonchev–Trinajstić information content (AvgIpc) is 2.44. The second kappa shape index (κ2) is 3.29. The summed E-state index contributed by atoms with van der Waals surface area (Å²) in [7, 11) is 0. The van der Waals surface area contributed by atoms with Crippen molar-refractivity contribution < 1.29 is 13.6 Å². The third-order valence-electron chi connectivity index (χ3n) is 2.19. The third-order valence-corrected chi connectivity index (χ3v) is 2.19. The van der Waals surface area contributed by atoms with Gasteiger partial charge in [0, 0.05) is 18.1 Å². The van der Waals surface area contributed by atoms with E-state index in [0.29, 0.717) is 17.7 Å². The van der Waals surface area contributed by atoms with Gasteiger partial charge in [0.05, 0.1) is 5.71 Å². The first-order valence-electron chi connectivity index (χ1n) is 4.68. The minimum absolute atomic E-state index is 0.391. The van der Waals surface area contributed by atoms with Crippen molar-refractivity contribution in [3.8, 4) is 0 Å². The Labute approximate surface area is 86.5 Å². The third kappa shape index (κ3) is 2.14. The molecule has 0 radical (unpaired) electrons. The highest BCUT2D eigenvalue weighted by Crippen LogP contribution is 2.26. The fraction of sp³-hybridized carbons (Fsp3) is 0.364. The molecule has 1 aliphatic rings. The van der Waals surface area contributed by atoms with Gasteiger partial charge in [0.1, 0.15) is 17.2 Å². The molecular weight excluding hydrogens is 200 g/mol. The highest BCUT2D eigenvalue weighted by Gasteiger charge is 2.29. The van der Waals surface area contributed by atoms with Crippen LogP contribution in [0.25, 0.3) is 0 Å². The van der Waals surface area contributed by atoms with Gasteiger partial charge in [0.2, 0.25) is 0 Å². The maximum Gasteiger partial charge on any atom is 0.137 e. The van der Waals surface area contributed by atoms with Crippen molar-refractivity contribution >= 4 is 5.71 Å². The van der Waals surface area contributed by atoms with E-state index in [1.54, 1.807) is 0 Å². The van der Waals surface area contributed by atoms with E-state index in [1.165, 1.54) is 12.1 Å². The molecule has 1 heterocycles. The maximum absolute atomic E-state index is 12.9. The van der Waals surface area contributed by atoms with Crippen LogP contribution in [-0.2, 0) is 4.84 Å². The van der Waals surface area contributed by atoms with Crippen molar-refractivity contribution in [2.24, 2.45) is 5.16 Å². The number of halogens is 2. The Morgan fingerprint density at radius 2 is 1.80 bits per heavy atom.